The maximum Gasteiger partial charge on any atom is 0.229 e. The van der Waals surface area contributed by atoms with E-state index in [1.807, 2.05) is 42.5 Å². The summed E-state index contributed by atoms with van der Waals surface area (Å²) in [6, 6.07) is 17.7. The van der Waals surface area contributed by atoms with E-state index in [0.717, 1.165) is 16.9 Å². The van der Waals surface area contributed by atoms with Crippen molar-refractivity contribution in [1.29, 1.82) is 0 Å². The van der Waals surface area contributed by atoms with E-state index in [4.69, 9.17) is 5.73 Å². The van der Waals surface area contributed by atoms with E-state index in [2.05, 4.69) is 19.1 Å². The van der Waals surface area contributed by atoms with E-state index in [1.165, 1.54) is 4.90 Å². The molecular formula is C16H17NOS. The summed E-state index contributed by atoms with van der Waals surface area (Å²) in [6.45, 7) is 2.11. The Kier molecular flexibility index (Phi) is 4.63. The lowest BCUT2D eigenvalue weighted by Gasteiger charge is -2.15. The van der Waals surface area contributed by atoms with Crippen LogP contribution in [-0.4, -0.2) is 11.7 Å². The summed E-state index contributed by atoms with van der Waals surface area (Å²) in [7, 11) is 0. The summed E-state index contributed by atoms with van der Waals surface area (Å²) in [5.74, 6) is 0.319. The van der Waals surface area contributed by atoms with Crippen molar-refractivity contribution in [3.63, 3.8) is 0 Å². The third kappa shape index (κ3) is 3.38. The minimum atomic E-state index is -0.376. The number of hydrogen-bond donors (Lipinski definition) is 1. The third-order valence-corrected chi connectivity index (χ3v) is 3.80. The van der Waals surface area contributed by atoms with Gasteiger partial charge in [0.1, 0.15) is 0 Å². The van der Waals surface area contributed by atoms with Gasteiger partial charge in [-0.05, 0) is 29.0 Å². The molecule has 19 heavy (non-hydrogen) atoms. The first-order valence-electron chi connectivity index (χ1n) is 6.29. The van der Waals surface area contributed by atoms with Gasteiger partial charge < -0.3 is 5.73 Å². The maximum absolute atomic E-state index is 11.8. The number of carbonyl (C=O) groups excluding carboxylic acids is 1. The van der Waals surface area contributed by atoms with Crippen molar-refractivity contribution in [1.82, 2.24) is 0 Å². The molecule has 1 unspecified atom stereocenters. The minimum absolute atomic E-state index is 0.315. The zero-order valence-electron chi connectivity index (χ0n) is 10.9. The Morgan fingerprint density at radius 3 is 2.42 bits per heavy atom. The molecule has 0 aliphatic rings. The topological polar surface area (TPSA) is 43.1 Å². The molecule has 2 nitrogen and oxygen atoms in total. The highest BCUT2D eigenvalue weighted by Gasteiger charge is 2.20. The van der Waals surface area contributed by atoms with Gasteiger partial charge >= 0.3 is 0 Å². The molecule has 3 heteroatoms. The summed E-state index contributed by atoms with van der Waals surface area (Å²) in [5.41, 5.74) is 7.47. The molecule has 0 aliphatic heterocycles. The third-order valence-electron chi connectivity index (χ3n) is 2.92. The van der Waals surface area contributed by atoms with Crippen molar-refractivity contribution < 1.29 is 4.79 Å². The van der Waals surface area contributed by atoms with Gasteiger partial charge in [-0.3, -0.25) is 4.79 Å². The molecule has 0 heterocycles. The van der Waals surface area contributed by atoms with E-state index in [-0.39, 0.29) is 11.8 Å². The highest BCUT2D eigenvalue weighted by molar-refractivity contribution is 7.99. The molecule has 1 amide bonds. The first-order valence-corrected chi connectivity index (χ1v) is 7.28. The Bertz CT molecular complexity index is 554. The second-order valence-corrected chi connectivity index (χ2v) is 5.59. The smallest absolute Gasteiger partial charge is 0.229 e. The molecule has 2 aromatic carbocycles. The average molecular weight is 271 g/mol. The number of carbonyl (C=O) groups is 1. The number of rotatable bonds is 5. The molecule has 2 N–H and O–H groups in total. The molecule has 0 saturated heterocycles. The van der Waals surface area contributed by atoms with Gasteiger partial charge in [0.25, 0.3) is 0 Å². The van der Waals surface area contributed by atoms with E-state index in [1.54, 1.807) is 11.8 Å². The molecule has 0 spiro atoms. The first kappa shape index (κ1) is 13.7. The fourth-order valence-electron chi connectivity index (χ4n) is 2.12. The molecule has 0 bridgehead atoms. The van der Waals surface area contributed by atoms with Gasteiger partial charge in [-0.2, -0.15) is 0 Å². The van der Waals surface area contributed by atoms with Gasteiger partial charge in [0.05, 0.1) is 5.92 Å². The van der Waals surface area contributed by atoms with Crippen LogP contribution >= 0.6 is 11.8 Å². The van der Waals surface area contributed by atoms with Gasteiger partial charge in [0.2, 0.25) is 5.91 Å². The van der Waals surface area contributed by atoms with Crippen LogP contribution in [-0.2, 0) is 4.79 Å². The van der Waals surface area contributed by atoms with Gasteiger partial charge in [-0.25, -0.2) is 0 Å². The quantitative estimate of drug-likeness (QED) is 0.847. The number of benzene rings is 2. The van der Waals surface area contributed by atoms with Gasteiger partial charge in [0.15, 0.2) is 0 Å². The highest BCUT2D eigenvalue weighted by Crippen LogP contribution is 2.28. The summed E-state index contributed by atoms with van der Waals surface area (Å²) < 4.78 is 0. The largest absolute Gasteiger partial charge is 0.369 e. The monoisotopic (exact) mass is 271 g/mol. The van der Waals surface area contributed by atoms with Crippen molar-refractivity contribution in [2.24, 2.45) is 5.73 Å². The van der Waals surface area contributed by atoms with Crippen molar-refractivity contribution in [2.45, 2.75) is 17.7 Å². The maximum atomic E-state index is 11.8. The zero-order chi connectivity index (χ0) is 13.7. The highest BCUT2D eigenvalue weighted by atomic mass is 32.2. The number of hydrogen-bond acceptors (Lipinski definition) is 2. The van der Waals surface area contributed by atoms with Crippen molar-refractivity contribution >= 4 is 17.7 Å². The van der Waals surface area contributed by atoms with Gasteiger partial charge in [-0.1, -0.05) is 49.4 Å². The second kappa shape index (κ2) is 6.43. The van der Waals surface area contributed by atoms with Gasteiger partial charge in [0, 0.05) is 4.90 Å². The predicted molar refractivity (Wildman–Crippen MR) is 80.3 cm³/mol. The fraction of sp³-hybridized carbons (Fsp3) is 0.188. The van der Waals surface area contributed by atoms with Crippen molar-refractivity contribution in [3.8, 4) is 0 Å². The van der Waals surface area contributed by atoms with Crippen LogP contribution in [0.4, 0.5) is 0 Å². The molecule has 0 fully saturated rings. The molecule has 0 saturated carbocycles. The Morgan fingerprint density at radius 2 is 1.79 bits per heavy atom. The molecular weight excluding hydrogens is 254 g/mol. The second-order valence-electron chi connectivity index (χ2n) is 4.25. The van der Waals surface area contributed by atoms with E-state index in [9.17, 15) is 4.79 Å². The first-order chi connectivity index (χ1) is 9.22. The van der Waals surface area contributed by atoms with E-state index >= 15 is 0 Å². The lowest BCUT2D eigenvalue weighted by atomic mass is 9.91. The van der Waals surface area contributed by atoms with Crippen LogP contribution in [0.2, 0.25) is 0 Å². The van der Waals surface area contributed by atoms with Crippen LogP contribution in [0.25, 0.3) is 0 Å². The molecule has 2 rings (SSSR count). The lowest BCUT2D eigenvalue weighted by molar-refractivity contribution is -0.118. The normalized spacial score (nSPS) is 12.1. The van der Waals surface area contributed by atoms with Crippen LogP contribution in [0, 0.1) is 0 Å². The number of amides is 1. The SMILES string of the molecule is CCSc1cccc(C(C(N)=O)c2ccccc2)c1. The predicted octanol–water partition coefficient (Wildman–Crippen LogP) is 3.42. The standard InChI is InChI=1S/C16H17NOS/c1-2-19-14-10-6-9-13(11-14)15(16(17)18)12-7-4-3-5-8-12/h3-11,15H,2H2,1H3,(H2,17,18). The molecule has 2 aromatic rings. The Balaban J connectivity index is 2.40. The number of primary amides is 1. The molecule has 0 aliphatic carbocycles. The Morgan fingerprint density at radius 1 is 1.11 bits per heavy atom. The van der Waals surface area contributed by atoms with Crippen molar-refractivity contribution in [3.05, 3.63) is 65.7 Å². The molecule has 1 atom stereocenters. The average Bonchev–Trinajstić information content (AvgIpc) is 2.40. The Hall–Kier alpha value is -1.74. The fourth-order valence-corrected chi connectivity index (χ4v) is 2.84. The zero-order valence-corrected chi connectivity index (χ0v) is 11.7. The van der Waals surface area contributed by atoms with Crippen LogP contribution in [0.3, 0.4) is 0 Å². The van der Waals surface area contributed by atoms with Crippen LogP contribution in [0.15, 0.2) is 59.5 Å². The molecule has 0 radical (unpaired) electrons. The van der Waals surface area contributed by atoms with Crippen molar-refractivity contribution in [2.75, 3.05) is 5.75 Å². The number of thioether (sulfide) groups is 1. The summed E-state index contributed by atoms with van der Waals surface area (Å²) >= 11 is 1.76. The van der Waals surface area contributed by atoms with Gasteiger partial charge in [-0.15, -0.1) is 11.8 Å². The van der Waals surface area contributed by atoms with Crippen LogP contribution in [0.5, 0.6) is 0 Å². The van der Waals surface area contributed by atoms with Crippen LogP contribution in [0.1, 0.15) is 24.0 Å². The molecule has 98 valence electrons. The molecule has 0 aromatic heterocycles. The number of nitrogens with two attached hydrogens (primary N) is 1. The van der Waals surface area contributed by atoms with E-state index in [0.29, 0.717) is 0 Å². The summed E-state index contributed by atoms with van der Waals surface area (Å²) in [6.07, 6.45) is 0. The Labute approximate surface area is 118 Å². The van der Waals surface area contributed by atoms with Crippen LogP contribution < -0.4 is 5.73 Å². The lowest BCUT2D eigenvalue weighted by Crippen LogP contribution is -2.22. The minimum Gasteiger partial charge on any atom is -0.369 e. The summed E-state index contributed by atoms with van der Waals surface area (Å²) in [4.78, 5) is 13.0. The summed E-state index contributed by atoms with van der Waals surface area (Å²) in [5, 5.41) is 0. The van der Waals surface area contributed by atoms with E-state index < -0.39 is 0 Å².